The summed E-state index contributed by atoms with van der Waals surface area (Å²) < 4.78 is 9.73. The van der Waals surface area contributed by atoms with Crippen molar-refractivity contribution in [2.45, 2.75) is 51.9 Å². The van der Waals surface area contributed by atoms with Crippen LogP contribution in [0.1, 0.15) is 68.2 Å². The van der Waals surface area contributed by atoms with Gasteiger partial charge in [0.2, 0.25) is 0 Å². The lowest BCUT2D eigenvalue weighted by molar-refractivity contribution is -0.114. The maximum Gasteiger partial charge on any atom is 0.185 e. The van der Waals surface area contributed by atoms with Gasteiger partial charge in [0.25, 0.3) is 0 Å². The van der Waals surface area contributed by atoms with E-state index in [1.54, 1.807) is 30.5 Å². The number of hydrogen-bond donors (Lipinski definition) is 0. The first-order chi connectivity index (χ1) is 11.8. The summed E-state index contributed by atoms with van der Waals surface area (Å²) in [6.07, 6.45) is 15.0. The molecule has 4 nitrogen and oxygen atoms in total. The average molecular weight is 330 g/mol. The van der Waals surface area contributed by atoms with Gasteiger partial charge in [-0.25, -0.2) is 0 Å². The Morgan fingerprint density at radius 3 is 2.12 bits per heavy atom. The molecule has 0 fully saturated rings. The molecule has 0 aliphatic carbocycles. The Balaban J connectivity index is 0.000000341. The van der Waals surface area contributed by atoms with Crippen molar-refractivity contribution in [2.75, 3.05) is 0 Å². The quantitative estimate of drug-likeness (QED) is 0.318. The van der Waals surface area contributed by atoms with E-state index < -0.39 is 0 Å². The van der Waals surface area contributed by atoms with Crippen molar-refractivity contribution in [1.29, 1.82) is 0 Å². The summed E-state index contributed by atoms with van der Waals surface area (Å²) in [6.45, 7) is 2.21. The van der Waals surface area contributed by atoms with Gasteiger partial charge in [-0.2, -0.15) is 0 Å². The third-order valence-electron chi connectivity index (χ3n) is 3.41. The van der Waals surface area contributed by atoms with Crippen molar-refractivity contribution < 1.29 is 18.4 Å². The fourth-order valence-electron chi connectivity index (χ4n) is 2.08. The van der Waals surface area contributed by atoms with Crippen LogP contribution in [0.5, 0.6) is 0 Å². The first-order valence-corrected chi connectivity index (χ1v) is 8.49. The van der Waals surface area contributed by atoms with Gasteiger partial charge >= 0.3 is 0 Å². The van der Waals surface area contributed by atoms with Crippen LogP contribution in [0.25, 0.3) is 6.08 Å². The van der Waals surface area contributed by atoms with Gasteiger partial charge in [-0.05, 0) is 42.8 Å². The Bertz CT molecular complexity index is 565. The maximum atomic E-state index is 11.5. The molecule has 130 valence electrons. The van der Waals surface area contributed by atoms with E-state index in [1.165, 1.54) is 38.4 Å². The molecule has 0 saturated heterocycles. The molecule has 2 heterocycles. The highest BCUT2D eigenvalue weighted by Crippen LogP contribution is 2.08. The van der Waals surface area contributed by atoms with E-state index >= 15 is 0 Å². The highest BCUT2D eigenvalue weighted by atomic mass is 16.3. The Kier molecular flexibility index (Phi) is 10.8. The zero-order chi connectivity index (χ0) is 17.5. The number of furan rings is 2. The van der Waals surface area contributed by atoms with Gasteiger partial charge in [0.05, 0.1) is 12.5 Å². The lowest BCUT2D eigenvalue weighted by atomic mass is 10.1. The van der Waals surface area contributed by atoms with Gasteiger partial charge in [0.1, 0.15) is 5.76 Å². The van der Waals surface area contributed by atoms with Crippen molar-refractivity contribution in [3.05, 3.63) is 54.4 Å². The summed E-state index contributed by atoms with van der Waals surface area (Å²) in [5.74, 6) is 1.30. The van der Waals surface area contributed by atoms with Crippen molar-refractivity contribution in [1.82, 2.24) is 0 Å². The number of ketones is 1. The molecule has 0 aliphatic rings. The zero-order valence-corrected chi connectivity index (χ0v) is 14.3. The number of unbranched alkanes of at least 4 members (excludes halogenated alkanes) is 5. The largest absolute Gasteiger partial charge is 0.465 e. The number of rotatable bonds is 10. The molecule has 0 aliphatic heterocycles. The van der Waals surface area contributed by atoms with Gasteiger partial charge in [0.15, 0.2) is 17.8 Å². The molecule has 4 heteroatoms. The average Bonchev–Trinajstić information content (AvgIpc) is 3.30. The van der Waals surface area contributed by atoms with Crippen LogP contribution >= 0.6 is 0 Å². The SMILES string of the molecule is CCCCCCCCC(=O)/C=C/c1ccco1.O=Cc1ccco1. The second-order valence-electron chi connectivity index (χ2n) is 5.47. The number of carbonyl (C=O) groups is 2. The van der Waals surface area contributed by atoms with E-state index in [1.807, 2.05) is 12.1 Å². The molecule has 0 aromatic carbocycles. The smallest absolute Gasteiger partial charge is 0.185 e. The molecule has 24 heavy (non-hydrogen) atoms. The fourth-order valence-corrected chi connectivity index (χ4v) is 2.08. The van der Waals surface area contributed by atoms with Crippen LogP contribution in [0.2, 0.25) is 0 Å². The maximum absolute atomic E-state index is 11.5. The van der Waals surface area contributed by atoms with Gasteiger partial charge in [-0.1, -0.05) is 39.0 Å². The number of allylic oxidation sites excluding steroid dienone is 1. The Morgan fingerprint density at radius 2 is 1.58 bits per heavy atom. The molecular weight excluding hydrogens is 304 g/mol. The summed E-state index contributed by atoms with van der Waals surface area (Å²) in [4.78, 5) is 21.3. The molecule has 2 rings (SSSR count). The van der Waals surface area contributed by atoms with Crippen LogP contribution in [-0.4, -0.2) is 12.1 Å². The van der Waals surface area contributed by atoms with Crippen molar-refractivity contribution in [2.24, 2.45) is 0 Å². The predicted octanol–water partition coefficient (Wildman–Crippen LogP) is 5.70. The van der Waals surface area contributed by atoms with E-state index in [0.717, 1.165) is 12.2 Å². The second kappa shape index (κ2) is 13.1. The summed E-state index contributed by atoms with van der Waals surface area (Å²) in [6, 6.07) is 6.93. The number of carbonyl (C=O) groups excluding carboxylic acids is 2. The van der Waals surface area contributed by atoms with Crippen molar-refractivity contribution >= 4 is 18.1 Å². The van der Waals surface area contributed by atoms with Crippen LogP contribution < -0.4 is 0 Å². The Labute approximate surface area is 143 Å². The second-order valence-corrected chi connectivity index (χ2v) is 5.47. The molecule has 0 spiro atoms. The monoisotopic (exact) mass is 330 g/mol. The Hall–Kier alpha value is -2.36. The topological polar surface area (TPSA) is 60.4 Å². The standard InChI is InChI=1S/C15H22O2.C5H4O2/c1-2-3-4-5-6-7-9-14(16)11-12-15-10-8-13-17-15;6-4-5-2-1-3-7-5/h8,10-13H,2-7,9H2,1H3;1-4H/b12-11+;. The molecule has 0 unspecified atom stereocenters. The summed E-state index contributed by atoms with van der Waals surface area (Å²) in [5.41, 5.74) is 0. The molecule has 0 N–H and O–H groups in total. The van der Waals surface area contributed by atoms with Crippen LogP contribution in [-0.2, 0) is 4.79 Å². The van der Waals surface area contributed by atoms with Crippen LogP contribution in [0.4, 0.5) is 0 Å². The third-order valence-corrected chi connectivity index (χ3v) is 3.41. The zero-order valence-electron chi connectivity index (χ0n) is 14.3. The molecule has 0 bridgehead atoms. The molecule has 2 aromatic rings. The molecule has 0 atom stereocenters. The van der Waals surface area contributed by atoms with Gasteiger partial charge in [-0.3, -0.25) is 9.59 Å². The van der Waals surface area contributed by atoms with Crippen molar-refractivity contribution in [3.63, 3.8) is 0 Å². The van der Waals surface area contributed by atoms with Crippen LogP contribution in [0.15, 0.2) is 51.7 Å². The highest BCUT2D eigenvalue weighted by molar-refractivity contribution is 5.93. The summed E-state index contributed by atoms with van der Waals surface area (Å²) >= 11 is 0. The van der Waals surface area contributed by atoms with Gasteiger partial charge in [-0.15, -0.1) is 0 Å². The molecule has 0 amide bonds. The fraction of sp³-hybridized carbons (Fsp3) is 0.400. The minimum absolute atomic E-state index is 0.192. The molecule has 0 radical (unpaired) electrons. The van der Waals surface area contributed by atoms with E-state index in [4.69, 9.17) is 4.42 Å². The highest BCUT2D eigenvalue weighted by Gasteiger charge is 1.97. The van der Waals surface area contributed by atoms with Gasteiger partial charge in [0, 0.05) is 6.42 Å². The van der Waals surface area contributed by atoms with Crippen molar-refractivity contribution in [3.8, 4) is 0 Å². The number of aldehydes is 1. The van der Waals surface area contributed by atoms with Gasteiger partial charge < -0.3 is 8.83 Å². The predicted molar refractivity (Wildman–Crippen MR) is 94.8 cm³/mol. The Morgan fingerprint density at radius 1 is 0.958 bits per heavy atom. The lowest BCUT2D eigenvalue weighted by Crippen LogP contribution is -1.92. The minimum atomic E-state index is 0.192. The van der Waals surface area contributed by atoms with E-state index in [0.29, 0.717) is 18.5 Å². The minimum Gasteiger partial charge on any atom is -0.465 e. The van der Waals surface area contributed by atoms with E-state index in [9.17, 15) is 9.59 Å². The first kappa shape index (κ1) is 19.7. The third kappa shape index (κ3) is 9.62. The first-order valence-electron chi connectivity index (χ1n) is 8.49. The summed E-state index contributed by atoms with van der Waals surface area (Å²) in [5, 5.41) is 0. The van der Waals surface area contributed by atoms with Crippen LogP contribution in [0.3, 0.4) is 0 Å². The lowest BCUT2D eigenvalue weighted by Gasteiger charge is -1.98. The number of hydrogen-bond acceptors (Lipinski definition) is 4. The van der Waals surface area contributed by atoms with E-state index in [-0.39, 0.29) is 5.78 Å². The molecular formula is C20H26O4. The summed E-state index contributed by atoms with van der Waals surface area (Å²) in [7, 11) is 0. The molecule has 0 saturated carbocycles. The van der Waals surface area contributed by atoms with E-state index in [2.05, 4.69) is 11.3 Å². The van der Waals surface area contributed by atoms with Crippen LogP contribution in [0, 0.1) is 0 Å². The normalized spacial score (nSPS) is 10.4. The molecule has 2 aromatic heterocycles.